The van der Waals surface area contributed by atoms with E-state index in [0.717, 1.165) is 18.9 Å². The van der Waals surface area contributed by atoms with Crippen molar-refractivity contribution in [3.8, 4) is 0 Å². The van der Waals surface area contributed by atoms with Gasteiger partial charge in [-0.1, -0.05) is 20.8 Å². The van der Waals surface area contributed by atoms with Crippen LogP contribution in [-0.4, -0.2) is 21.7 Å². The second kappa shape index (κ2) is 3.56. The molecule has 0 radical (unpaired) electrons. The van der Waals surface area contributed by atoms with E-state index in [2.05, 4.69) is 41.3 Å². The van der Waals surface area contributed by atoms with E-state index in [9.17, 15) is 0 Å². The van der Waals surface area contributed by atoms with E-state index in [-0.39, 0.29) is 0 Å². The number of nitrogens with zero attached hydrogens (tertiary/aromatic N) is 2. The fourth-order valence-electron chi connectivity index (χ4n) is 0.847. The van der Waals surface area contributed by atoms with Gasteiger partial charge in [-0.15, -0.1) is 0 Å². The van der Waals surface area contributed by atoms with Crippen LogP contribution >= 0.6 is 0 Å². The average Bonchev–Trinajstić information content (AvgIpc) is 2.36. The van der Waals surface area contributed by atoms with E-state index >= 15 is 0 Å². The van der Waals surface area contributed by atoms with Crippen molar-refractivity contribution in [2.75, 3.05) is 11.9 Å². The van der Waals surface area contributed by atoms with Crippen molar-refractivity contribution in [3.05, 3.63) is 6.33 Å². The maximum Gasteiger partial charge on any atom is 0.218 e. The molecule has 0 unspecified atom stereocenters. The topological polar surface area (TPSA) is 53.6 Å². The average molecular weight is 168 g/mol. The van der Waals surface area contributed by atoms with Crippen LogP contribution in [0.1, 0.15) is 27.2 Å². The molecule has 0 atom stereocenters. The summed E-state index contributed by atoms with van der Waals surface area (Å²) in [7, 11) is 0. The van der Waals surface area contributed by atoms with Gasteiger partial charge in [0.2, 0.25) is 5.95 Å². The summed E-state index contributed by atoms with van der Waals surface area (Å²) in [5.41, 5.74) is 0.368. The van der Waals surface area contributed by atoms with E-state index < -0.39 is 0 Å². The van der Waals surface area contributed by atoms with Gasteiger partial charge in [-0.25, -0.2) is 10.1 Å². The van der Waals surface area contributed by atoms with Crippen molar-refractivity contribution < 1.29 is 0 Å². The maximum atomic E-state index is 3.96. The van der Waals surface area contributed by atoms with Gasteiger partial charge >= 0.3 is 0 Å². The Hall–Kier alpha value is -1.06. The number of aromatic amines is 1. The van der Waals surface area contributed by atoms with E-state index in [1.54, 1.807) is 0 Å². The predicted molar refractivity (Wildman–Crippen MR) is 48.9 cm³/mol. The molecule has 4 nitrogen and oxygen atoms in total. The first kappa shape index (κ1) is 9.03. The fraction of sp³-hybridized carbons (Fsp3) is 0.750. The first-order valence-corrected chi connectivity index (χ1v) is 4.17. The van der Waals surface area contributed by atoms with Gasteiger partial charge in [0.15, 0.2) is 0 Å². The highest BCUT2D eigenvalue weighted by atomic mass is 15.3. The number of hydrogen-bond donors (Lipinski definition) is 2. The molecule has 1 aromatic rings. The molecule has 0 spiro atoms. The van der Waals surface area contributed by atoms with Crippen LogP contribution < -0.4 is 5.32 Å². The van der Waals surface area contributed by atoms with Crippen molar-refractivity contribution in [1.82, 2.24) is 15.2 Å². The summed E-state index contributed by atoms with van der Waals surface area (Å²) >= 11 is 0. The molecule has 0 saturated carbocycles. The molecular formula is C8H16N4. The summed E-state index contributed by atoms with van der Waals surface area (Å²) in [5.74, 6) is 0.749. The van der Waals surface area contributed by atoms with Gasteiger partial charge in [0.1, 0.15) is 6.33 Å². The molecule has 12 heavy (non-hydrogen) atoms. The Bertz CT molecular complexity index is 209. The van der Waals surface area contributed by atoms with Crippen molar-refractivity contribution in [2.45, 2.75) is 27.2 Å². The SMILES string of the molecule is CC(C)(C)CCNc1ncn[nH]1. The Balaban J connectivity index is 2.20. The Morgan fingerprint density at radius 3 is 2.75 bits per heavy atom. The maximum absolute atomic E-state index is 3.96. The predicted octanol–water partition coefficient (Wildman–Crippen LogP) is 1.65. The van der Waals surface area contributed by atoms with Crippen molar-refractivity contribution in [2.24, 2.45) is 5.41 Å². The minimum absolute atomic E-state index is 0.368. The summed E-state index contributed by atoms with van der Waals surface area (Å²) in [6.07, 6.45) is 2.62. The lowest BCUT2D eigenvalue weighted by atomic mass is 9.92. The van der Waals surface area contributed by atoms with E-state index in [4.69, 9.17) is 0 Å². The number of hydrogen-bond acceptors (Lipinski definition) is 3. The monoisotopic (exact) mass is 168 g/mol. The summed E-state index contributed by atoms with van der Waals surface area (Å²) < 4.78 is 0. The van der Waals surface area contributed by atoms with Crippen molar-refractivity contribution in [1.29, 1.82) is 0 Å². The minimum atomic E-state index is 0.368. The van der Waals surface area contributed by atoms with Crippen LogP contribution in [0.4, 0.5) is 5.95 Å². The molecule has 0 fully saturated rings. The van der Waals surface area contributed by atoms with Crippen molar-refractivity contribution in [3.63, 3.8) is 0 Å². The van der Waals surface area contributed by atoms with Crippen LogP contribution in [0.2, 0.25) is 0 Å². The van der Waals surface area contributed by atoms with Gasteiger partial charge in [-0.2, -0.15) is 5.10 Å². The highest BCUT2D eigenvalue weighted by Crippen LogP contribution is 2.17. The molecule has 0 bridgehead atoms. The van der Waals surface area contributed by atoms with Gasteiger partial charge < -0.3 is 5.32 Å². The molecule has 68 valence electrons. The Kier molecular flexibility index (Phi) is 2.68. The third kappa shape index (κ3) is 3.37. The number of nitrogens with one attached hydrogen (secondary N) is 2. The molecular weight excluding hydrogens is 152 g/mol. The number of rotatable bonds is 3. The molecule has 0 aliphatic carbocycles. The third-order valence-corrected chi connectivity index (χ3v) is 1.58. The molecule has 0 aliphatic rings. The zero-order chi connectivity index (χ0) is 9.03. The van der Waals surface area contributed by atoms with Crippen LogP contribution in [-0.2, 0) is 0 Å². The highest BCUT2D eigenvalue weighted by molar-refractivity contribution is 5.19. The lowest BCUT2D eigenvalue weighted by molar-refractivity contribution is 0.389. The number of anilines is 1. The van der Waals surface area contributed by atoms with Crippen LogP contribution in [0, 0.1) is 5.41 Å². The standard InChI is InChI=1S/C8H16N4/c1-8(2,3)4-5-9-7-10-6-11-12-7/h6H,4-5H2,1-3H3,(H2,9,10,11,12). The van der Waals surface area contributed by atoms with Gasteiger partial charge in [0.05, 0.1) is 0 Å². The third-order valence-electron chi connectivity index (χ3n) is 1.58. The second-order valence-corrected chi connectivity index (χ2v) is 4.07. The van der Waals surface area contributed by atoms with Gasteiger partial charge in [0, 0.05) is 6.54 Å². The van der Waals surface area contributed by atoms with Gasteiger partial charge in [-0.3, -0.25) is 0 Å². The molecule has 0 aromatic carbocycles. The lowest BCUT2D eigenvalue weighted by Gasteiger charge is -2.17. The van der Waals surface area contributed by atoms with Crippen LogP contribution in [0.5, 0.6) is 0 Å². The van der Waals surface area contributed by atoms with E-state index in [0.29, 0.717) is 5.41 Å². The molecule has 1 aromatic heterocycles. The smallest absolute Gasteiger partial charge is 0.218 e. The number of H-pyrrole nitrogens is 1. The summed E-state index contributed by atoms with van der Waals surface area (Å²) in [6, 6.07) is 0. The second-order valence-electron chi connectivity index (χ2n) is 4.07. The Morgan fingerprint density at radius 1 is 1.50 bits per heavy atom. The molecule has 4 heteroatoms. The largest absolute Gasteiger partial charge is 0.355 e. The first-order chi connectivity index (χ1) is 5.58. The van der Waals surface area contributed by atoms with E-state index in [1.165, 1.54) is 6.33 Å². The van der Waals surface area contributed by atoms with Crippen LogP contribution in [0.3, 0.4) is 0 Å². The zero-order valence-corrected chi connectivity index (χ0v) is 7.89. The Labute approximate surface area is 72.8 Å². The summed E-state index contributed by atoms with van der Waals surface area (Å²) in [5, 5.41) is 9.64. The minimum Gasteiger partial charge on any atom is -0.355 e. The quantitative estimate of drug-likeness (QED) is 0.721. The summed E-state index contributed by atoms with van der Waals surface area (Å²) in [6.45, 7) is 7.58. The molecule has 1 rings (SSSR count). The number of aromatic nitrogens is 3. The lowest BCUT2D eigenvalue weighted by Crippen LogP contribution is -2.13. The van der Waals surface area contributed by atoms with Crippen molar-refractivity contribution >= 4 is 5.95 Å². The molecule has 0 aliphatic heterocycles. The first-order valence-electron chi connectivity index (χ1n) is 4.17. The molecule has 0 amide bonds. The fourth-order valence-corrected chi connectivity index (χ4v) is 0.847. The molecule has 0 saturated heterocycles. The Morgan fingerprint density at radius 2 is 2.25 bits per heavy atom. The van der Waals surface area contributed by atoms with Gasteiger partial charge in [-0.05, 0) is 11.8 Å². The van der Waals surface area contributed by atoms with Crippen LogP contribution in [0.25, 0.3) is 0 Å². The zero-order valence-electron chi connectivity index (χ0n) is 7.89. The molecule has 1 heterocycles. The summed E-state index contributed by atoms with van der Waals surface area (Å²) in [4.78, 5) is 3.96. The van der Waals surface area contributed by atoms with E-state index in [1.807, 2.05) is 0 Å². The normalized spacial score (nSPS) is 11.6. The van der Waals surface area contributed by atoms with Gasteiger partial charge in [0.25, 0.3) is 0 Å². The highest BCUT2D eigenvalue weighted by Gasteiger charge is 2.08. The van der Waals surface area contributed by atoms with Crippen LogP contribution in [0.15, 0.2) is 6.33 Å². The molecule has 2 N–H and O–H groups in total.